The zero-order valence-corrected chi connectivity index (χ0v) is 13.9. The van der Waals surface area contributed by atoms with E-state index < -0.39 is 0 Å². The van der Waals surface area contributed by atoms with E-state index in [9.17, 15) is 4.79 Å². The molecule has 3 rings (SSSR count). The van der Waals surface area contributed by atoms with Gasteiger partial charge in [0, 0.05) is 45.0 Å². The van der Waals surface area contributed by atoms with Crippen molar-refractivity contribution in [1.82, 2.24) is 0 Å². The Hall–Kier alpha value is -1.13. The largest absolute Gasteiger partial charge is 0.491 e. The van der Waals surface area contributed by atoms with Crippen LogP contribution in [0.4, 0.5) is 0 Å². The maximum absolute atomic E-state index is 12.2. The van der Waals surface area contributed by atoms with E-state index in [4.69, 9.17) is 14.2 Å². The molecule has 0 aromatic rings. The lowest BCUT2D eigenvalue weighted by atomic mass is 9.68. The molecule has 0 N–H and O–H groups in total. The summed E-state index contributed by atoms with van der Waals surface area (Å²) in [7, 11) is 3.46. The van der Waals surface area contributed by atoms with Crippen molar-refractivity contribution in [2.75, 3.05) is 27.4 Å². The van der Waals surface area contributed by atoms with Gasteiger partial charge in [-0.2, -0.15) is 0 Å². The highest BCUT2D eigenvalue weighted by molar-refractivity contribution is 5.96. The lowest BCUT2D eigenvalue weighted by Crippen LogP contribution is -2.46. The van der Waals surface area contributed by atoms with Gasteiger partial charge in [0.05, 0.1) is 13.2 Å². The van der Waals surface area contributed by atoms with Gasteiger partial charge in [-0.15, -0.1) is 0 Å². The third-order valence-electron chi connectivity index (χ3n) is 5.35. The Balaban J connectivity index is 1.88. The normalized spacial score (nSPS) is 31.8. The van der Waals surface area contributed by atoms with Crippen molar-refractivity contribution in [3.8, 4) is 0 Å². The lowest BCUT2D eigenvalue weighted by Gasteiger charge is -2.48. The summed E-state index contributed by atoms with van der Waals surface area (Å²) in [6, 6.07) is 0. The molecule has 0 aromatic carbocycles. The van der Waals surface area contributed by atoms with E-state index in [0.29, 0.717) is 31.3 Å². The maximum atomic E-state index is 12.2. The third-order valence-corrected chi connectivity index (χ3v) is 5.35. The van der Waals surface area contributed by atoms with Gasteiger partial charge in [-0.05, 0) is 37.3 Å². The molecule has 4 nitrogen and oxygen atoms in total. The number of fused-ring (bicyclic) bond motifs is 1. The van der Waals surface area contributed by atoms with Gasteiger partial charge in [0.2, 0.25) is 0 Å². The number of ketones is 1. The van der Waals surface area contributed by atoms with Gasteiger partial charge in [0.15, 0.2) is 5.78 Å². The Bertz CT molecular complexity index is 531. The summed E-state index contributed by atoms with van der Waals surface area (Å²) in [4.78, 5) is 12.2. The van der Waals surface area contributed by atoms with Crippen molar-refractivity contribution < 1.29 is 19.0 Å². The monoisotopic (exact) mass is 306 g/mol. The Kier molecular flexibility index (Phi) is 4.42. The number of carbonyl (C=O) groups excluding carboxylic acids is 1. The van der Waals surface area contributed by atoms with Gasteiger partial charge in [-0.3, -0.25) is 4.79 Å². The Labute approximate surface area is 132 Å². The van der Waals surface area contributed by atoms with E-state index in [-0.39, 0.29) is 5.60 Å². The minimum Gasteiger partial charge on any atom is -0.491 e. The molecule has 0 aromatic heterocycles. The molecular weight excluding hydrogens is 280 g/mol. The van der Waals surface area contributed by atoms with E-state index >= 15 is 0 Å². The van der Waals surface area contributed by atoms with Crippen molar-refractivity contribution in [3.05, 3.63) is 22.5 Å². The molecule has 1 heterocycles. The number of rotatable bonds is 4. The fraction of sp³-hybridized carbons (Fsp3) is 0.722. The number of ether oxygens (including phenoxy) is 3. The summed E-state index contributed by atoms with van der Waals surface area (Å²) >= 11 is 0. The third kappa shape index (κ3) is 2.74. The van der Waals surface area contributed by atoms with Crippen LogP contribution in [0.15, 0.2) is 22.5 Å². The highest BCUT2D eigenvalue weighted by Gasteiger charge is 2.47. The van der Waals surface area contributed by atoms with Crippen LogP contribution in [0.2, 0.25) is 0 Å². The number of hydrogen-bond acceptors (Lipinski definition) is 4. The van der Waals surface area contributed by atoms with E-state index in [1.165, 1.54) is 11.1 Å². The maximum Gasteiger partial charge on any atom is 0.162 e. The van der Waals surface area contributed by atoms with Gasteiger partial charge in [0.25, 0.3) is 0 Å². The molecule has 0 unspecified atom stereocenters. The van der Waals surface area contributed by atoms with Crippen LogP contribution in [0.5, 0.6) is 0 Å². The standard InChI is InChI=1S/C18H26O4/c1-18-9-13(11-21-3)12(10-20-2)7-14(18)8-15-16(19)5-4-6-17(15)22-18/h14H,4-11H2,1-3H3/t14-,18-/m0/s1. The molecule has 0 fully saturated rings. The molecule has 1 aliphatic heterocycles. The van der Waals surface area contributed by atoms with Gasteiger partial charge in [0.1, 0.15) is 11.4 Å². The first-order valence-corrected chi connectivity index (χ1v) is 8.19. The first-order chi connectivity index (χ1) is 10.6. The van der Waals surface area contributed by atoms with Gasteiger partial charge >= 0.3 is 0 Å². The number of methoxy groups -OCH3 is 2. The Morgan fingerprint density at radius 3 is 2.59 bits per heavy atom. The average Bonchev–Trinajstić information content (AvgIpc) is 2.47. The van der Waals surface area contributed by atoms with Gasteiger partial charge < -0.3 is 14.2 Å². The first kappa shape index (κ1) is 15.8. The summed E-state index contributed by atoms with van der Waals surface area (Å²) < 4.78 is 17.1. The number of hydrogen-bond donors (Lipinski definition) is 0. The molecule has 2 aliphatic carbocycles. The molecule has 0 saturated carbocycles. The molecule has 122 valence electrons. The smallest absolute Gasteiger partial charge is 0.162 e. The molecule has 2 atom stereocenters. The van der Waals surface area contributed by atoms with Crippen LogP contribution in [0.25, 0.3) is 0 Å². The molecule has 22 heavy (non-hydrogen) atoms. The predicted octanol–water partition coefficient (Wildman–Crippen LogP) is 3.17. The second-order valence-corrected chi connectivity index (χ2v) is 6.95. The molecule has 0 saturated heterocycles. The summed E-state index contributed by atoms with van der Waals surface area (Å²) in [6.45, 7) is 3.47. The Morgan fingerprint density at radius 1 is 1.14 bits per heavy atom. The predicted molar refractivity (Wildman–Crippen MR) is 83.5 cm³/mol. The average molecular weight is 306 g/mol. The second-order valence-electron chi connectivity index (χ2n) is 6.95. The van der Waals surface area contributed by atoms with Gasteiger partial charge in [-0.1, -0.05) is 0 Å². The fourth-order valence-electron chi connectivity index (χ4n) is 4.16. The molecule has 0 spiro atoms. The zero-order valence-electron chi connectivity index (χ0n) is 13.9. The highest BCUT2D eigenvalue weighted by Crippen LogP contribution is 2.49. The quantitative estimate of drug-likeness (QED) is 0.748. The van der Waals surface area contributed by atoms with E-state index in [1.54, 1.807) is 14.2 Å². The van der Waals surface area contributed by atoms with Crippen LogP contribution >= 0.6 is 0 Å². The van der Waals surface area contributed by atoms with Crippen molar-refractivity contribution in [3.63, 3.8) is 0 Å². The summed E-state index contributed by atoms with van der Waals surface area (Å²) in [5.74, 6) is 1.62. The molecule has 3 aliphatic rings. The van der Waals surface area contributed by atoms with E-state index in [0.717, 1.165) is 43.4 Å². The molecule has 0 bridgehead atoms. The lowest BCUT2D eigenvalue weighted by molar-refractivity contribution is -0.120. The van der Waals surface area contributed by atoms with E-state index in [1.807, 2.05) is 0 Å². The number of Topliss-reactive ketones (excluding diaryl/α,β-unsaturated/α-hetero) is 1. The van der Waals surface area contributed by atoms with E-state index in [2.05, 4.69) is 6.92 Å². The zero-order chi connectivity index (χ0) is 15.7. The Morgan fingerprint density at radius 2 is 1.86 bits per heavy atom. The van der Waals surface area contributed by atoms with Gasteiger partial charge in [-0.25, -0.2) is 0 Å². The number of allylic oxidation sites excluding steroid dienone is 2. The van der Waals surface area contributed by atoms with Crippen molar-refractivity contribution in [2.45, 2.75) is 51.0 Å². The van der Waals surface area contributed by atoms with Crippen LogP contribution < -0.4 is 0 Å². The van der Waals surface area contributed by atoms with Crippen LogP contribution in [-0.4, -0.2) is 38.8 Å². The summed E-state index contributed by atoms with van der Waals surface area (Å²) in [5, 5.41) is 0. The van der Waals surface area contributed by atoms with Crippen molar-refractivity contribution >= 4 is 5.78 Å². The number of carbonyl (C=O) groups is 1. The summed E-state index contributed by atoms with van der Waals surface area (Å²) in [6.07, 6.45) is 5.19. The van der Waals surface area contributed by atoms with Crippen LogP contribution in [-0.2, 0) is 19.0 Å². The van der Waals surface area contributed by atoms with Crippen LogP contribution in [0.1, 0.15) is 45.4 Å². The fourth-order valence-corrected chi connectivity index (χ4v) is 4.16. The van der Waals surface area contributed by atoms with Crippen LogP contribution in [0, 0.1) is 5.92 Å². The molecular formula is C18H26O4. The minimum atomic E-state index is -0.207. The van der Waals surface area contributed by atoms with Crippen LogP contribution in [0.3, 0.4) is 0 Å². The highest BCUT2D eigenvalue weighted by atomic mass is 16.5. The van der Waals surface area contributed by atoms with Crippen molar-refractivity contribution in [1.29, 1.82) is 0 Å². The first-order valence-electron chi connectivity index (χ1n) is 8.19. The SMILES string of the molecule is COCC1=C(COC)C[C@]2(C)OC3=C(C[C@@H]2C1)C(=O)CCC3. The minimum absolute atomic E-state index is 0.207. The second kappa shape index (κ2) is 6.17. The topological polar surface area (TPSA) is 44.8 Å². The summed E-state index contributed by atoms with van der Waals surface area (Å²) in [5.41, 5.74) is 3.37. The molecule has 0 radical (unpaired) electrons. The molecule has 0 amide bonds. The molecule has 4 heteroatoms. The van der Waals surface area contributed by atoms with Crippen molar-refractivity contribution in [2.24, 2.45) is 5.92 Å².